The molecule has 0 bridgehead atoms. The van der Waals surface area contributed by atoms with Crippen molar-refractivity contribution in [2.45, 2.75) is 5.92 Å². The van der Waals surface area contributed by atoms with Gasteiger partial charge in [-0.15, -0.1) is 0 Å². The number of hydrogen-bond donors (Lipinski definition) is 1. The van der Waals surface area contributed by atoms with Crippen molar-refractivity contribution in [2.24, 2.45) is 5.73 Å². The zero-order chi connectivity index (χ0) is 12.1. The Morgan fingerprint density at radius 3 is 2.78 bits per heavy atom. The van der Waals surface area contributed by atoms with Crippen molar-refractivity contribution in [1.82, 2.24) is 0 Å². The number of fused-ring (bicyclic) bond motifs is 5. The van der Waals surface area contributed by atoms with Crippen molar-refractivity contribution in [3.05, 3.63) is 77.4 Å². The van der Waals surface area contributed by atoms with Crippen LogP contribution in [0.1, 0.15) is 17.0 Å². The lowest BCUT2D eigenvalue weighted by molar-refractivity contribution is 1.05. The van der Waals surface area contributed by atoms with Gasteiger partial charge in [-0.05, 0) is 21.9 Å². The van der Waals surface area contributed by atoms with Gasteiger partial charge in [-0.25, -0.2) is 0 Å². The van der Waals surface area contributed by atoms with Crippen LogP contribution in [0.25, 0.3) is 16.5 Å². The van der Waals surface area contributed by atoms with Crippen molar-refractivity contribution in [2.75, 3.05) is 0 Å². The summed E-state index contributed by atoms with van der Waals surface area (Å²) in [5.41, 5.74) is 11.1. The summed E-state index contributed by atoms with van der Waals surface area (Å²) in [6, 6.07) is 12.9. The van der Waals surface area contributed by atoms with Gasteiger partial charge in [0.05, 0.1) is 0 Å². The second-order valence-electron chi connectivity index (χ2n) is 4.84. The van der Waals surface area contributed by atoms with Crippen molar-refractivity contribution in [1.29, 1.82) is 0 Å². The van der Waals surface area contributed by atoms with E-state index in [0.29, 0.717) is 5.92 Å². The summed E-state index contributed by atoms with van der Waals surface area (Å²) in [6.07, 6.45) is 8.52. The summed E-state index contributed by atoms with van der Waals surface area (Å²) < 4.78 is 0. The SMILES string of the molecule is NC1=C2C=CC=CC2c2ccc3ccccc3c21. The zero-order valence-electron chi connectivity index (χ0n) is 9.93. The van der Waals surface area contributed by atoms with Crippen LogP contribution in [0.4, 0.5) is 0 Å². The summed E-state index contributed by atoms with van der Waals surface area (Å²) in [7, 11) is 0. The number of allylic oxidation sites excluding steroid dienone is 5. The minimum Gasteiger partial charge on any atom is -0.398 e. The molecule has 1 unspecified atom stereocenters. The molecule has 2 aromatic carbocycles. The molecule has 1 atom stereocenters. The second-order valence-corrected chi connectivity index (χ2v) is 4.84. The van der Waals surface area contributed by atoms with Crippen molar-refractivity contribution in [3.8, 4) is 0 Å². The summed E-state index contributed by atoms with van der Waals surface area (Å²) in [5, 5.41) is 2.52. The van der Waals surface area contributed by atoms with Gasteiger partial charge in [-0.1, -0.05) is 60.7 Å². The molecule has 1 heteroatoms. The van der Waals surface area contributed by atoms with Gasteiger partial charge in [0.1, 0.15) is 0 Å². The van der Waals surface area contributed by atoms with E-state index in [-0.39, 0.29) is 0 Å². The van der Waals surface area contributed by atoms with Gasteiger partial charge in [0.2, 0.25) is 0 Å². The van der Waals surface area contributed by atoms with E-state index in [9.17, 15) is 0 Å². The van der Waals surface area contributed by atoms with E-state index in [1.807, 2.05) is 0 Å². The van der Waals surface area contributed by atoms with Gasteiger partial charge >= 0.3 is 0 Å². The Labute approximate surface area is 106 Å². The summed E-state index contributed by atoms with van der Waals surface area (Å²) >= 11 is 0. The first-order chi connectivity index (χ1) is 8.86. The fourth-order valence-corrected chi connectivity index (χ4v) is 3.06. The Kier molecular flexibility index (Phi) is 1.81. The van der Waals surface area contributed by atoms with Crippen LogP contribution in [0.5, 0.6) is 0 Å². The minimum absolute atomic E-state index is 0.342. The van der Waals surface area contributed by atoms with Crippen LogP contribution in [0, 0.1) is 0 Å². The molecule has 0 aliphatic heterocycles. The van der Waals surface area contributed by atoms with E-state index in [1.54, 1.807) is 0 Å². The van der Waals surface area contributed by atoms with Gasteiger partial charge in [-0.3, -0.25) is 0 Å². The summed E-state index contributed by atoms with van der Waals surface area (Å²) in [6.45, 7) is 0. The fraction of sp³-hybridized carbons (Fsp3) is 0.0588. The van der Waals surface area contributed by atoms with Gasteiger partial charge in [0.25, 0.3) is 0 Å². The maximum atomic E-state index is 6.36. The molecule has 0 heterocycles. The molecule has 1 nitrogen and oxygen atoms in total. The van der Waals surface area contributed by atoms with Crippen LogP contribution in [0.3, 0.4) is 0 Å². The molecule has 2 aliphatic carbocycles. The summed E-state index contributed by atoms with van der Waals surface area (Å²) in [4.78, 5) is 0. The lowest BCUT2D eigenvalue weighted by Crippen LogP contribution is -1.97. The van der Waals surface area contributed by atoms with Gasteiger partial charge in [0, 0.05) is 17.2 Å². The average molecular weight is 231 g/mol. The maximum absolute atomic E-state index is 6.36. The highest BCUT2D eigenvalue weighted by Gasteiger charge is 2.28. The van der Waals surface area contributed by atoms with Crippen LogP contribution in [-0.2, 0) is 0 Å². The first-order valence-corrected chi connectivity index (χ1v) is 6.23. The first kappa shape index (κ1) is 9.72. The highest BCUT2D eigenvalue weighted by Crippen LogP contribution is 2.45. The van der Waals surface area contributed by atoms with Crippen LogP contribution in [0.2, 0.25) is 0 Å². The molecule has 2 aliphatic rings. The first-order valence-electron chi connectivity index (χ1n) is 6.23. The molecule has 4 rings (SSSR count). The highest BCUT2D eigenvalue weighted by molar-refractivity contribution is 5.98. The Morgan fingerprint density at radius 2 is 1.83 bits per heavy atom. The Bertz CT molecular complexity index is 747. The molecular formula is C17H13N. The third-order valence-corrected chi connectivity index (χ3v) is 3.90. The molecule has 0 spiro atoms. The van der Waals surface area contributed by atoms with Crippen molar-refractivity contribution in [3.63, 3.8) is 0 Å². The Balaban J connectivity index is 2.13. The van der Waals surface area contributed by atoms with E-state index in [2.05, 4.69) is 60.7 Å². The third kappa shape index (κ3) is 1.11. The van der Waals surface area contributed by atoms with Gasteiger partial charge < -0.3 is 5.73 Å². The van der Waals surface area contributed by atoms with E-state index in [0.717, 1.165) is 5.70 Å². The smallest absolute Gasteiger partial charge is 0.0439 e. The highest BCUT2D eigenvalue weighted by atomic mass is 14.6. The van der Waals surface area contributed by atoms with Crippen molar-refractivity contribution < 1.29 is 0 Å². The van der Waals surface area contributed by atoms with Gasteiger partial charge in [-0.2, -0.15) is 0 Å². The van der Waals surface area contributed by atoms with E-state index in [4.69, 9.17) is 5.73 Å². The normalized spacial score (nSPS) is 20.3. The molecule has 86 valence electrons. The number of rotatable bonds is 0. The third-order valence-electron chi connectivity index (χ3n) is 3.90. The Morgan fingerprint density at radius 1 is 0.944 bits per heavy atom. The van der Waals surface area contributed by atoms with E-state index >= 15 is 0 Å². The molecule has 0 amide bonds. The molecule has 2 N–H and O–H groups in total. The molecule has 0 aromatic heterocycles. The van der Waals surface area contributed by atoms with E-state index in [1.165, 1.54) is 27.5 Å². The van der Waals surface area contributed by atoms with Crippen LogP contribution in [-0.4, -0.2) is 0 Å². The Hall–Kier alpha value is -2.28. The molecule has 0 saturated heterocycles. The maximum Gasteiger partial charge on any atom is 0.0439 e. The van der Waals surface area contributed by atoms with Crippen molar-refractivity contribution >= 4 is 16.5 Å². The van der Waals surface area contributed by atoms with Crippen LogP contribution in [0.15, 0.2) is 66.3 Å². The fourth-order valence-electron chi connectivity index (χ4n) is 3.06. The topological polar surface area (TPSA) is 26.0 Å². The predicted octanol–water partition coefficient (Wildman–Crippen LogP) is 3.73. The lowest BCUT2D eigenvalue weighted by atomic mass is 9.91. The number of nitrogens with two attached hydrogens (primary N) is 1. The monoisotopic (exact) mass is 231 g/mol. The van der Waals surface area contributed by atoms with E-state index < -0.39 is 0 Å². The molecule has 0 radical (unpaired) electrons. The van der Waals surface area contributed by atoms with Crippen LogP contribution >= 0.6 is 0 Å². The largest absolute Gasteiger partial charge is 0.398 e. The molecule has 0 saturated carbocycles. The number of benzene rings is 2. The molecule has 0 fully saturated rings. The quantitative estimate of drug-likeness (QED) is 0.734. The standard InChI is InChI=1S/C17H13N/c18-17-15-8-4-3-7-13(15)14-10-9-11-5-1-2-6-12(11)16(14)17/h1-10,13H,18H2. The molecular weight excluding hydrogens is 218 g/mol. The molecule has 2 aromatic rings. The summed E-state index contributed by atoms with van der Waals surface area (Å²) in [5.74, 6) is 0.342. The van der Waals surface area contributed by atoms with Crippen LogP contribution < -0.4 is 5.73 Å². The lowest BCUT2D eigenvalue weighted by Gasteiger charge is -2.12. The second kappa shape index (κ2) is 3.36. The number of hydrogen-bond acceptors (Lipinski definition) is 1. The zero-order valence-corrected chi connectivity index (χ0v) is 9.93. The minimum atomic E-state index is 0.342. The predicted molar refractivity (Wildman–Crippen MR) is 76.1 cm³/mol. The molecule has 18 heavy (non-hydrogen) atoms. The average Bonchev–Trinajstić information content (AvgIpc) is 2.73. The van der Waals surface area contributed by atoms with Gasteiger partial charge in [0.15, 0.2) is 0 Å².